The second kappa shape index (κ2) is 5.19. The van der Waals surface area contributed by atoms with Crippen LogP contribution in [0.25, 0.3) is 11.1 Å². The third kappa shape index (κ3) is 2.22. The van der Waals surface area contributed by atoms with Crippen LogP contribution in [0, 0.1) is 0 Å². The van der Waals surface area contributed by atoms with Crippen molar-refractivity contribution in [2.45, 2.75) is 0 Å². The van der Waals surface area contributed by atoms with E-state index in [-0.39, 0.29) is 0 Å². The highest BCUT2D eigenvalue weighted by atomic mass is 16.5. The first-order valence-corrected chi connectivity index (χ1v) is 6.27. The molecule has 0 spiro atoms. The van der Waals surface area contributed by atoms with Crippen molar-refractivity contribution in [3.05, 3.63) is 48.8 Å². The Morgan fingerprint density at radius 1 is 1.00 bits per heavy atom. The van der Waals surface area contributed by atoms with E-state index in [1.54, 1.807) is 0 Å². The highest BCUT2D eigenvalue weighted by molar-refractivity contribution is 5.77. The number of hydrogen-bond donors (Lipinski definition) is 0. The molecular weight excluding hydrogens is 224 g/mol. The first kappa shape index (κ1) is 11.2. The van der Waals surface area contributed by atoms with Crippen LogP contribution >= 0.6 is 0 Å². The highest BCUT2D eigenvalue weighted by Gasteiger charge is 2.15. The fourth-order valence-electron chi connectivity index (χ4n) is 2.31. The number of aromatic nitrogens is 1. The third-order valence-electron chi connectivity index (χ3n) is 3.23. The van der Waals surface area contributed by atoms with E-state index in [0.717, 1.165) is 26.3 Å². The molecule has 1 aromatic heterocycles. The van der Waals surface area contributed by atoms with E-state index in [1.165, 1.54) is 16.8 Å². The monoisotopic (exact) mass is 240 g/mol. The van der Waals surface area contributed by atoms with E-state index in [1.807, 2.05) is 18.5 Å². The molecule has 0 atom stereocenters. The molecule has 1 saturated heterocycles. The van der Waals surface area contributed by atoms with Gasteiger partial charge in [-0.2, -0.15) is 0 Å². The Morgan fingerprint density at radius 2 is 1.78 bits per heavy atom. The minimum absolute atomic E-state index is 0.802. The van der Waals surface area contributed by atoms with Crippen molar-refractivity contribution in [1.29, 1.82) is 0 Å². The molecule has 2 aromatic rings. The van der Waals surface area contributed by atoms with Gasteiger partial charge in [0.25, 0.3) is 0 Å². The molecule has 18 heavy (non-hydrogen) atoms. The molecule has 1 aliphatic heterocycles. The van der Waals surface area contributed by atoms with E-state index < -0.39 is 0 Å². The molecule has 3 rings (SSSR count). The maximum Gasteiger partial charge on any atom is 0.0642 e. The van der Waals surface area contributed by atoms with Gasteiger partial charge in [-0.15, -0.1) is 0 Å². The van der Waals surface area contributed by atoms with Crippen molar-refractivity contribution in [2.75, 3.05) is 31.2 Å². The van der Waals surface area contributed by atoms with Crippen molar-refractivity contribution >= 4 is 5.69 Å². The van der Waals surface area contributed by atoms with E-state index in [4.69, 9.17) is 4.74 Å². The lowest BCUT2D eigenvalue weighted by molar-refractivity contribution is 0.123. The molecule has 1 fully saturated rings. The van der Waals surface area contributed by atoms with Crippen LogP contribution in [-0.2, 0) is 4.74 Å². The summed E-state index contributed by atoms with van der Waals surface area (Å²) in [4.78, 5) is 6.63. The predicted molar refractivity (Wildman–Crippen MR) is 72.7 cm³/mol. The average molecular weight is 240 g/mol. The lowest BCUT2D eigenvalue weighted by atomic mass is 10.1. The Labute approximate surface area is 107 Å². The summed E-state index contributed by atoms with van der Waals surface area (Å²) in [5.41, 5.74) is 3.66. The smallest absolute Gasteiger partial charge is 0.0642 e. The Kier molecular flexibility index (Phi) is 3.24. The van der Waals surface area contributed by atoms with Crippen molar-refractivity contribution in [3.63, 3.8) is 0 Å². The van der Waals surface area contributed by atoms with Crippen molar-refractivity contribution in [2.24, 2.45) is 0 Å². The van der Waals surface area contributed by atoms with Gasteiger partial charge in [0.05, 0.1) is 13.2 Å². The van der Waals surface area contributed by atoms with E-state index >= 15 is 0 Å². The summed E-state index contributed by atoms with van der Waals surface area (Å²) in [5, 5.41) is 0. The fourth-order valence-corrected chi connectivity index (χ4v) is 2.31. The van der Waals surface area contributed by atoms with Crippen LogP contribution < -0.4 is 4.90 Å². The van der Waals surface area contributed by atoms with Gasteiger partial charge >= 0.3 is 0 Å². The number of hydrogen-bond acceptors (Lipinski definition) is 3. The van der Waals surface area contributed by atoms with Gasteiger partial charge in [0.1, 0.15) is 0 Å². The largest absolute Gasteiger partial charge is 0.378 e. The number of anilines is 1. The van der Waals surface area contributed by atoms with Gasteiger partial charge in [0.15, 0.2) is 0 Å². The Hall–Kier alpha value is -1.87. The third-order valence-corrected chi connectivity index (χ3v) is 3.23. The Bertz CT molecular complexity index is 507. The molecule has 2 heterocycles. The first-order chi connectivity index (χ1) is 8.95. The Balaban J connectivity index is 1.99. The number of ether oxygens (including phenoxy) is 1. The second-order valence-corrected chi connectivity index (χ2v) is 4.36. The van der Waals surface area contributed by atoms with Crippen LogP contribution in [0.5, 0.6) is 0 Å². The topological polar surface area (TPSA) is 25.4 Å². The summed E-state index contributed by atoms with van der Waals surface area (Å²) >= 11 is 0. The van der Waals surface area contributed by atoms with Gasteiger partial charge in [-0.1, -0.05) is 30.3 Å². The van der Waals surface area contributed by atoms with Gasteiger partial charge in [0, 0.05) is 36.7 Å². The molecule has 0 saturated carbocycles. The molecule has 0 radical (unpaired) electrons. The van der Waals surface area contributed by atoms with Crippen LogP contribution in [0.3, 0.4) is 0 Å². The van der Waals surface area contributed by atoms with Gasteiger partial charge in [0.2, 0.25) is 0 Å². The maximum absolute atomic E-state index is 5.41. The molecule has 1 aromatic carbocycles. The summed E-state index contributed by atoms with van der Waals surface area (Å²) in [6, 6.07) is 12.5. The lowest BCUT2D eigenvalue weighted by Gasteiger charge is -2.30. The Morgan fingerprint density at radius 3 is 2.56 bits per heavy atom. The fraction of sp³-hybridized carbons (Fsp3) is 0.267. The van der Waals surface area contributed by atoms with Gasteiger partial charge in [-0.25, -0.2) is 0 Å². The average Bonchev–Trinajstić information content (AvgIpc) is 2.49. The van der Waals surface area contributed by atoms with Crippen LogP contribution in [0.4, 0.5) is 5.69 Å². The quantitative estimate of drug-likeness (QED) is 0.806. The molecule has 1 aliphatic rings. The number of rotatable bonds is 2. The van der Waals surface area contributed by atoms with Crippen molar-refractivity contribution in [3.8, 4) is 11.1 Å². The molecule has 0 unspecified atom stereocenters. The standard InChI is InChI=1S/C15H16N2O/c1-2-4-13(5-3-1)14-12-16-7-6-15(14)17-8-10-18-11-9-17/h1-7,12H,8-11H2. The summed E-state index contributed by atoms with van der Waals surface area (Å²) < 4.78 is 5.41. The van der Waals surface area contributed by atoms with Gasteiger partial charge in [-0.05, 0) is 11.6 Å². The lowest BCUT2D eigenvalue weighted by Crippen LogP contribution is -2.36. The van der Waals surface area contributed by atoms with Crippen LogP contribution in [0.2, 0.25) is 0 Å². The highest BCUT2D eigenvalue weighted by Crippen LogP contribution is 2.30. The van der Waals surface area contributed by atoms with E-state index in [0.29, 0.717) is 0 Å². The van der Waals surface area contributed by atoms with E-state index in [2.05, 4.69) is 40.2 Å². The minimum Gasteiger partial charge on any atom is -0.378 e. The molecular formula is C15H16N2O. The van der Waals surface area contributed by atoms with E-state index in [9.17, 15) is 0 Å². The number of benzene rings is 1. The van der Waals surface area contributed by atoms with Crippen LogP contribution in [0.15, 0.2) is 48.8 Å². The number of pyridine rings is 1. The predicted octanol–water partition coefficient (Wildman–Crippen LogP) is 2.59. The normalized spacial score (nSPS) is 15.7. The maximum atomic E-state index is 5.41. The van der Waals surface area contributed by atoms with Crippen LogP contribution in [-0.4, -0.2) is 31.3 Å². The summed E-state index contributed by atoms with van der Waals surface area (Å²) in [5.74, 6) is 0. The molecule has 0 amide bonds. The summed E-state index contributed by atoms with van der Waals surface area (Å²) in [7, 11) is 0. The second-order valence-electron chi connectivity index (χ2n) is 4.36. The van der Waals surface area contributed by atoms with Crippen molar-refractivity contribution in [1.82, 2.24) is 4.98 Å². The summed E-state index contributed by atoms with van der Waals surface area (Å²) in [6.45, 7) is 3.50. The molecule has 0 bridgehead atoms. The van der Waals surface area contributed by atoms with Crippen molar-refractivity contribution < 1.29 is 4.74 Å². The zero-order valence-corrected chi connectivity index (χ0v) is 10.2. The minimum atomic E-state index is 0.802. The molecule has 3 heteroatoms. The first-order valence-electron chi connectivity index (χ1n) is 6.27. The number of morpholine rings is 1. The molecule has 92 valence electrons. The molecule has 0 aliphatic carbocycles. The molecule has 0 N–H and O–H groups in total. The van der Waals surface area contributed by atoms with Gasteiger partial charge in [-0.3, -0.25) is 4.98 Å². The van der Waals surface area contributed by atoms with Crippen LogP contribution in [0.1, 0.15) is 0 Å². The number of nitrogens with zero attached hydrogens (tertiary/aromatic N) is 2. The van der Waals surface area contributed by atoms with Gasteiger partial charge < -0.3 is 9.64 Å². The zero-order valence-electron chi connectivity index (χ0n) is 10.2. The SMILES string of the molecule is c1ccc(-c2cnccc2N2CCOCC2)cc1. The molecule has 3 nitrogen and oxygen atoms in total. The summed E-state index contributed by atoms with van der Waals surface area (Å²) in [6.07, 6.45) is 3.80. The zero-order chi connectivity index (χ0) is 12.2.